The first-order valence-electron chi connectivity index (χ1n) is 12.5. The van der Waals surface area contributed by atoms with Crippen LogP contribution in [-0.2, 0) is 15.6 Å². The summed E-state index contributed by atoms with van der Waals surface area (Å²) < 4.78 is 6.62. The van der Waals surface area contributed by atoms with Gasteiger partial charge >= 0.3 is 11.9 Å². The molecule has 0 unspecified atom stereocenters. The van der Waals surface area contributed by atoms with Gasteiger partial charge in [0, 0.05) is 13.2 Å². The fraction of sp³-hybridized carbons (Fsp3) is 0.464. The van der Waals surface area contributed by atoms with Crippen LogP contribution in [0.15, 0.2) is 48.5 Å². The monoisotopic (exact) mass is 513 g/mol. The van der Waals surface area contributed by atoms with E-state index in [4.69, 9.17) is 4.43 Å². The van der Waals surface area contributed by atoms with Crippen molar-refractivity contribution in [2.75, 3.05) is 13.2 Å². The van der Waals surface area contributed by atoms with E-state index in [1.807, 2.05) is 12.1 Å². The molecule has 0 saturated carbocycles. The van der Waals surface area contributed by atoms with Crippen LogP contribution in [0.2, 0.25) is 16.6 Å². The van der Waals surface area contributed by atoms with E-state index in [0.717, 1.165) is 12.0 Å². The fourth-order valence-corrected chi connectivity index (χ4v) is 10.7. The SMILES string of the molecule is CC(C)[Si](OCCc1ccc([C@H](CNC(=O)c2ccccc2C(=O)O)C(=O)O)cc1)(C(C)C)C(C)C. The largest absolute Gasteiger partial charge is 0.481 e. The van der Waals surface area contributed by atoms with Gasteiger partial charge in [0.2, 0.25) is 0 Å². The van der Waals surface area contributed by atoms with Gasteiger partial charge in [-0.25, -0.2) is 4.79 Å². The van der Waals surface area contributed by atoms with Crippen molar-refractivity contribution in [1.29, 1.82) is 0 Å². The van der Waals surface area contributed by atoms with Crippen LogP contribution in [0, 0.1) is 0 Å². The van der Waals surface area contributed by atoms with Gasteiger partial charge in [0.05, 0.1) is 17.0 Å². The quantitative estimate of drug-likeness (QED) is 0.295. The molecule has 196 valence electrons. The molecule has 0 heterocycles. The van der Waals surface area contributed by atoms with Gasteiger partial charge in [0.25, 0.3) is 5.91 Å². The second-order valence-corrected chi connectivity index (χ2v) is 15.6. The molecule has 1 amide bonds. The standard InChI is InChI=1S/C28H39NO6Si/c1-18(2)36(19(3)4,20(5)6)35-16-15-21-11-13-22(14-12-21)25(28(33)34)17-29-26(30)23-9-7-8-10-24(23)27(31)32/h7-14,18-20,25H,15-17H2,1-6H3,(H,29,30)(H,31,32)(H,33,34)/t25-/m0/s1. The van der Waals surface area contributed by atoms with Gasteiger partial charge < -0.3 is 20.0 Å². The first kappa shape index (κ1) is 29.3. The number of aromatic carboxylic acids is 1. The minimum Gasteiger partial charge on any atom is -0.481 e. The molecule has 0 aliphatic carbocycles. The summed E-state index contributed by atoms with van der Waals surface area (Å²) in [5.74, 6) is -3.87. The lowest BCUT2D eigenvalue weighted by Gasteiger charge is -2.42. The third kappa shape index (κ3) is 6.82. The van der Waals surface area contributed by atoms with Crippen molar-refractivity contribution in [3.05, 3.63) is 70.8 Å². The van der Waals surface area contributed by atoms with Gasteiger partial charge in [0.15, 0.2) is 8.32 Å². The van der Waals surface area contributed by atoms with Crippen molar-refractivity contribution in [3.63, 3.8) is 0 Å². The number of carboxylic acids is 2. The van der Waals surface area contributed by atoms with Gasteiger partial charge in [0.1, 0.15) is 0 Å². The molecule has 0 fully saturated rings. The average molecular weight is 514 g/mol. The molecule has 0 aromatic heterocycles. The highest BCUT2D eigenvalue weighted by molar-refractivity contribution is 6.77. The number of benzene rings is 2. The van der Waals surface area contributed by atoms with Crippen molar-refractivity contribution in [3.8, 4) is 0 Å². The molecule has 0 aliphatic rings. The number of amides is 1. The molecular formula is C28H39NO6Si. The van der Waals surface area contributed by atoms with Gasteiger partial charge in [-0.1, -0.05) is 77.9 Å². The maximum absolute atomic E-state index is 12.5. The Kier molecular flexibility index (Phi) is 10.4. The zero-order valence-electron chi connectivity index (χ0n) is 22.1. The number of hydrogen-bond acceptors (Lipinski definition) is 4. The summed E-state index contributed by atoms with van der Waals surface area (Å²) in [5, 5.41) is 21.6. The highest BCUT2D eigenvalue weighted by atomic mass is 28.4. The van der Waals surface area contributed by atoms with Crippen molar-refractivity contribution < 1.29 is 29.0 Å². The average Bonchev–Trinajstić information content (AvgIpc) is 2.81. The van der Waals surface area contributed by atoms with Crippen molar-refractivity contribution in [2.24, 2.45) is 0 Å². The molecule has 0 aliphatic heterocycles. The summed E-state index contributed by atoms with van der Waals surface area (Å²) in [6.45, 7) is 14.0. The number of rotatable bonds is 13. The van der Waals surface area contributed by atoms with Crippen LogP contribution >= 0.6 is 0 Å². The van der Waals surface area contributed by atoms with Crippen LogP contribution < -0.4 is 5.32 Å². The Bertz CT molecular complexity index is 1030. The molecular weight excluding hydrogens is 474 g/mol. The lowest BCUT2D eigenvalue weighted by atomic mass is 9.97. The Morgan fingerprint density at radius 1 is 0.833 bits per heavy atom. The lowest BCUT2D eigenvalue weighted by Crippen LogP contribution is -2.48. The minimum atomic E-state index is -1.94. The van der Waals surface area contributed by atoms with Crippen LogP contribution in [0.3, 0.4) is 0 Å². The van der Waals surface area contributed by atoms with Gasteiger partial charge in [-0.2, -0.15) is 0 Å². The molecule has 1 atom stereocenters. The van der Waals surface area contributed by atoms with E-state index in [2.05, 4.69) is 46.9 Å². The number of carbonyl (C=O) groups is 3. The molecule has 0 radical (unpaired) electrons. The van der Waals surface area contributed by atoms with Crippen LogP contribution in [0.5, 0.6) is 0 Å². The van der Waals surface area contributed by atoms with E-state index >= 15 is 0 Å². The predicted molar refractivity (Wildman–Crippen MR) is 143 cm³/mol. The molecule has 2 aromatic carbocycles. The molecule has 36 heavy (non-hydrogen) atoms. The Balaban J connectivity index is 2.06. The summed E-state index contributed by atoms with van der Waals surface area (Å²) in [7, 11) is -1.94. The molecule has 2 aromatic rings. The topological polar surface area (TPSA) is 113 Å². The van der Waals surface area contributed by atoms with Gasteiger partial charge in [-0.05, 0) is 46.3 Å². The van der Waals surface area contributed by atoms with Crippen LogP contribution in [-0.4, -0.2) is 49.5 Å². The molecule has 0 spiro atoms. The van der Waals surface area contributed by atoms with E-state index in [0.29, 0.717) is 28.8 Å². The summed E-state index contributed by atoms with van der Waals surface area (Å²) in [6, 6.07) is 13.2. The maximum Gasteiger partial charge on any atom is 0.336 e. The summed E-state index contributed by atoms with van der Waals surface area (Å²) in [4.78, 5) is 35.8. The predicted octanol–water partition coefficient (Wildman–Crippen LogP) is 5.72. The third-order valence-electron chi connectivity index (χ3n) is 7.00. The van der Waals surface area contributed by atoms with Crippen molar-refractivity contribution in [2.45, 2.75) is 70.5 Å². The molecule has 2 rings (SSSR count). The number of nitrogens with one attached hydrogen (secondary N) is 1. The zero-order valence-corrected chi connectivity index (χ0v) is 23.1. The summed E-state index contributed by atoms with van der Waals surface area (Å²) in [5.41, 5.74) is 3.01. The molecule has 8 heteroatoms. The lowest BCUT2D eigenvalue weighted by molar-refractivity contribution is -0.138. The van der Waals surface area contributed by atoms with Gasteiger partial charge in [-0.3, -0.25) is 9.59 Å². The van der Waals surface area contributed by atoms with E-state index < -0.39 is 32.1 Å². The molecule has 3 N–H and O–H groups in total. The summed E-state index contributed by atoms with van der Waals surface area (Å²) in [6.07, 6.45) is 0.738. The number of carbonyl (C=O) groups excluding carboxylic acids is 1. The number of aliphatic carboxylic acids is 1. The second kappa shape index (κ2) is 12.8. The minimum absolute atomic E-state index is 0.00620. The number of carboxylic acid groups (broad SMARTS) is 2. The van der Waals surface area contributed by atoms with E-state index in [9.17, 15) is 24.6 Å². The first-order chi connectivity index (χ1) is 16.9. The van der Waals surface area contributed by atoms with Crippen molar-refractivity contribution >= 4 is 26.2 Å². The zero-order chi connectivity index (χ0) is 27.0. The molecule has 0 saturated heterocycles. The number of hydrogen-bond donors (Lipinski definition) is 3. The Hall–Kier alpha value is -2.97. The van der Waals surface area contributed by atoms with Crippen LogP contribution in [0.1, 0.15) is 79.3 Å². The molecule has 0 bridgehead atoms. The molecule has 7 nitrogen and oxygen atoms in total. The first-order valence-corrected chi connectivity index (χ1v) is 14.6. The smallest absolute Gasteiger partial charge is 0.336 e. The highest BCUT2D eigenvalue weighted by Crippen LogP contribution is 2.42. The van der Waals surface area contributed by atoms with E-state index in [1.165, 1.54) is 18.2 Å². The van der Waals surface area contributed by atoms with Crippen molar-refractivity contribution in [1.82, 2.24) is 5.32 Å². The Morgan fingerprint density at radius 2 is 1.36 bits per heavy atom. The van der Waals surface area contributed by atoms with Crippen LogP contribution in [0.4, 0.5) is 0 Å². The normalized spacial score (nSPS) is 12.7. The maximum atomic E-state index is 12.5. The van der Waals surface area contributed by atoms with E-state index in [-0.39, 0.29) is 17.7 Å². The fourth-order valence-electron chi connectivity index (χ4n) is 5.27. The Morgan fingerprint density at radius 3 is 1.83 bits per heavy atom. The summed E-state index contributed by atoms with van der Waals surface area (Å²) >= 11 is 0. The van der Waals surface area contributed by atoms with Crippen LogP contribution in [0.25, 0.3) is 0 Å². The van der Waals surface area contributed by atoms with Gasteiger partial charge in [-0.15, -0.1) is 0 Å². The third-order valence-corrected chi connectivity index (χ3v) is 13.1. The van der Waals surface area contributed by atoms with E-state index in [1.54, 1.807) is 18.2 Å². The second-order valence-electron chi connectivity index (χ2n) is 10.1. The Labute approximate surface area is 215 Å². The highest BCUT2D eigenvalue weighted by Gasteiger charge is 2.44.